The van der Waals surface area contributed by atoms with Crippen LogP contribution in [0.5, 0.6) is 0 Å². The van der Waals surface area contributed by atoms with Crippen LogP contribution in [-0.2, 0) is 4.79 Å². The lowest BCUT2D eigenvalue weighted by Crippen LogP contribution is -2.30. The number of nitrogens with zero attached hydrogens (tertiary/aromatic N) is 2. The van der Waals surface area contributed by atoms with Crippen LogP contribution in [0.3, 0.4) is 0 Å². The lowest BCUT2D eigenvalue weighted by molar-refractivity contribution is -0.484. The van der Waals surface area contributed by atoms with Crippen molar-refractivity contribution in [1.29, 1.82) is 0 Å². The predicted molar refractivity (Wildman–Crippen MR) is 74.7 cm³/mol. The van der Waals surface area contributed by atoms with Crippen molar-refractivity contribution in [3.63, 3.8) is 0 Å². The summed E-state index contributed by atoms with van der Waals surface area (Å²) in [7, 11) is 0. The summed E-state index contributed by atoms with van der Waals surface area (Å²) >= 11 is 0. The van der Waals surface area contributed by atoms with Gasteiger partial charge in [0.2, 0.25) is 6.54 Å². The number of carbonyl (C=O) groups excluding carboxylic acids is 1. The molecule has 1 aromatic carbocycles. The lowest BCUT2D eigenvalue weighted by atomic mass is 9.76. The third-order valence-electron chi connectivity index (χ3n) is 3.97. The molecule has 21 heavy (non-hydrogen) atoms. The van der Waals surface area contributed by atoms with Crippen LogP contribution in [0.2, 0.25) is 0 Å². The SMILES string of the molecule is O=C1CCCC[C@H]1[C@@H](C[N+](=O)[O-])c1ccc([N+](=O)[O-])cc1. The number of non-ortho nitro benzene ring substituents is 1. The molecular weight excluding hydrogens is 276 g/mol. The summed E-state index contributed by atoms with van der Waals surface area (Å²) in [6.45, 7) is -0.325. The number of carbonyl (C=O) groups is 1. The highest BCUT2D eigenvalue weighted by atomic mass is 16.6. The van der Waals surface area contributed by atoms with E-state index in [-0.39, 0.29) is 23.9 Å². The predicted octanol–water partition coefficient (Wildman–Crippen LogP) is 2.71. The molecule has 0 radical (unpaired) electrons. The number of Topliss-reactive ketones (excluding diaryl/α,β-unsaturated/α-hetero) is 1. The second-order valence-electron chi connectivity index (χ2n) is 5.29. The first-order valence-electron chi connectivity index (χ1n) is 6.88. The fourth-order valence-electron chi connectivity index (χ4n) is 2.90. The van der Waals surface area contributed by atoms with Crippen LogP contribution < -0.4 is 0 Å². The molecule has 0 aromatic heterocycles. The molecule has 2 rings (SSSR count). The van der Waals surface area contributed by atoms with Gasteiger partial charge >= 0.3 is 0 Å². The van der Waals surface area contributed by atoms with E-state index in [0.717, 1.165) is 12.8 Å². The molecule has 0 amide bonds. The topological polar surface area (TPSA) is 103 Å². The first-order chi connectivity index (χ1) is 9.99. The number of ketones is 1. The van der Waals surface area contributed by atoms with Crippen molar-refractivity contribution in [2.75, 3.05) is 6.54 Å². The van der Waals surface area contributed by atoms with Gasteiger partial charge in [0.05, 0.1) is 10.8 Å². The molecule has 0 heterocycles. The first-order valence-corrected chi connectivity index (χ1v) is 6.88. The van der Waals surface area contributed by atoms with Crippen LogP contribution in [0.4, 0.5) is 5.69 Å². The molecule has 7 nitrogen and oxygen atoms in total. The molecule has 0 saturated heterocycles. The van der Waals surface area contributed by atoms with E-state index in [1.807, 2.05) is 0 Å². The number of nitro benzene ring substituents is 1. The highest BCUT2D eigenvalue weighted by Gasteiger charge is 2.34. The van der Waals surface area contributed by atoms with Gasteiger partial charge in [-0.2, -0.15) is 0 Å². The molecule has 7 heteroatoms. The molecule has 1 saturated carbocycles. The molecule has 0 N–H and O–H groups in total. The zero-order valence-electron chi connectivity index (χ0n) is 11.4. The third kappa shape index (κ3) is 3.62. The molecule has 1 aliphatic rings. The zero-order chi connectivity index (χ0) is 15.4. The third-order valence-corrected chi connectivity index (χ3v) is 3.97. The molecular formula is C14H16N2O5. The largest absolute Gasteiger partial charge is 0.299 e. The van der Waals surface area contributed by atoms with E-state index in [1.54, 1.807) is 0 Å². The minimum Gasteiger partial charge on any atom is -0.299 e. The molecule has 0 unspecified atom stereocenters. The smallest absolute Gasteiger partial charge is 0.269 e. The Hall–Kier alpha value is -2.31. The molecule has 0 spiro atoms. The van der Waals surface area contributed by atoms with Gasteiger partial charge in [-0.3, -0.25) is 25.0 Å². The highest BCUT2D eigenvalue weighted by molar-refractivity contribution is 5.82. The van der Waals surface area contributed by atoms with Gasteiger partial charge < -0.3 is 0 Å². The van der Waals surface area contributed by atoms with Crippen LogP contribution in [0.15, 0.2) is 24.3 Å². The van der Waals surface area contributed by atoms with Crippen molar-refractivity contribution in [3.8, 4) is 0 Å². The maximum absolute atomic E-state index is 12.0. The van der Waals surface area contributed by atoms with Crippen LogP contribution in [0, 0.1) is 26.1 Å². The Morgan fingerprint density at radius 1 is 1.14 bits per heavy atom. The Bertz CT molecular complexity index is 555. The van der Waals surface area contributed by atoms with E-state index in [2.05, 4.69) is 0 Å². The van der Waals surface area contributed by atoms with Crippen LogP contribution in [0.25, 0.3) is 0 Å². The van der Waals surface area contributed by atoms with Crippen molar-refractivity contribution < 1.29 is 14.6 Å². The van der Waals surface area contributed by atoms with Crippen LogP contribution in [0.1, 0.15) is 37.2 Å². The summed E-state index contributed by atoms with van der Waals surface area (Å²) in [6, 6.07) is 5.70. The zero-order valence-corrected chi connectivity index (χ0v) is 11.4. The fraction of sp³-hybridized carbons (Fsp3) is 0.500. The lowest BCUT2D eigenvalue weighted by Gasteiger charge is -2.26. The number of hydrogen-bond acceptors (Lipinski definition) is 5. The maximum Gasteiger partial charge on any atom is 0.269 e. The average molecular weight is 292 g/mol. The van der Waals surface area contributed by atoms with Crippen LogP contribution in [-0.4, -0.2) is 22.2 Å². The van der Waals surface area contributed by atoms with E-state index < -0.39 is 15.8 Å². The minimum atomic E-state index is -0.516. The van der Waals surface area contributed by atoms with Gasteiger partial charge in [0.15, 0.2) is 0 Å². The molecule has 1 fully saturated rings. The van der Waals surface area contributed by atoms with E-state index in [4.69, 9.17) is 0 Å². The summed E-state index contributed by atoms with van der Waals surface area (Å²) in [6.07, 6.45) is 2.83. The quantitative estimate of drug-likeness (QED) is 0.613. The number of benzene rings is 1. The Kier molecular flexibility index (Phi) is 4.62. The van der Waals surface area contributed by atoms with E-state index in [9.17, 15) is 25.0 Å². The monoisotopic (exact) mass is 292 g/mol. The van der Waals surface area contributed by atoms with Gasteiger partial charge in [0.1, 0.15) is 5.78 Å². The first kappa shape index (κ1) is 15.1. The van der Waals surface area contributed by atoms with Crippen molar-refractivity contribution in [2.45, 2.75) is 31.6 Å². The maximum atomic E-state index is 12.0. The van der Waals surface area contributed by atoms with Gasteiger partial charge in [-0.15, -0.1) is 0 Å². The van der Waals surface area contributed by atoms with E-state index in [0.29, 0.717) is 18.4 Å². The van der Waals surface area contributed by atoms with Gasteiger partial charge in [-0.25, -0.2) is 0 Å². The molecule has 0 aliphatic heterocycles. The molecule has 1 aliphatic carbocycles. The number of hydrogen-bond donors (Lipinski definition) is 0. The number of rotatable bonds is 5. The summed E-state index contributed by atoms with van der Waals surface area (Å²) in [5, 5.41) is 21.6. The molecule has 112 valence electrons. The Labute approximate surface area is 121 Å². The molecule has 0 bridgehead atoms. The Morgan fingerprint density at radius 3 is 2.33 bits per heavy atom. The fourth-order valence-corrected chi connectivity index (χ4v) is 2.90. The second-order valence-corrected chi connectivity index (χ2v) is 5.29. The van der Waals surface area contributed by atoms with E-state index in [1.165, 1.54) is 24.3 Å². The van der Waals surface area contributed by atoms with Gasteiger partial charge in [-0.1, -0.05) is 18.6 Å². The Morgan fingerprint density at radius 2 is 1.81 bits per heavy atom. The summed E-state index contributed by atoms with van der Waals surface area (Å²) in [4.78, 5) is 32.6. The summed E-state index contributed by atoms with van der Waals surface area (Å²) < 4.78 is 0. The van der Waals surface area contributed by atoms with Gasteiger partial charge in [-0.05, 0) is 18.4 Å². The normalized spacial score (nSPS) is 20.0. The van der Waals surface area contributed by atoms with E-state index >= 15 is 0 Å². The molecule has 1 aromatic rings. The minimum absolute atomic E-state index is 0.0615. The molecule has 2 atom stereocenters. The van der Waals surface area contributed by atoms with Crippen molar-refractivity contribution in [3.05, 3.63) is 50.1 Å². The van der Waals surface area contributed by atoms with Gasteiger partial charge in [0.25, 0.3) is 5.69 Å². The highest BCUT2D eigenvalue weighted by Crippen LogP contribution is 2.34. The second kappa shape index (κ2) is 6.43. The summed E-state index contributed by atoms with van der Waals surface area (Å²) in [5.74, 6) is -0.800. The Balaban J connectivity index is 2.28. The van der Waals surface area contributed by atoms with Crippen molar-refractivity contribution in [2.24, 2.45) is 5.92 Å². The van der Waals surface area contributed by atoms with Crippen LogP contribution >= 0.6 is 0 Å². The van der Waals surface area contributed by atoms with Crippen molar-refractivity contribution >= 4 is 11.5 Å². The number of nitro groups is 2. The average Bonchev–Trinajstić information content (AvgIpc) is 2.45. The van der Waals surface area contributed by atoms with Crippen molar-refractivity contribution in [1.82, 2.24) is 0 Å². The standard InChI is InChI=1S/C14H16N2O5/c17-14-4-2-1-3-12(14)13(9-15(18)19)10-5-7-11(8-6-10)16(20)21/h5-8,12-13H,1-4,9H2/t12-,13-/m0/s1. The summed E-state index contributed by atoms with van der Waals surface area (Å²) in [5.41, 5.74) is 0.561. The van der Waals surface area contributed by atoms with Gasteiger partial charge in [0, 0.05) is 29.4 Å².